The van der Waals surface area contributed by atoms with E-state index >= 15 is 0 Å². The van der Waals surface area contributed by atoms with Crippen LogP contribution in [-0.2, 0) is 13.1 Å². The lowest BCUT2D eigenvalue weighted by atomic mass is 10.0. The standard InChI is InChI=1S/C26H29N3O4/c1-2-29-16-18(19-5-3-4-6-22(19)29)15-24-25(32)20-7-8-23(31)21(26(20)33-24)17-28-11-9-27(10-12-28)13-14-30/h3-8,15-16,30-31H,2,9-14,17H2,1H3. The second-order valence-corrected chi connectivity index (χ2v) is 8.74. The lowest BCUT2D eigenvalue weighted by molar-refractivity contribution is -0.918. The number of hydrogen-bond donors (Lipinski definition) is 2. The number of aliphatic hydroxyl groups is 1. The zero-order valence-electron chi connectivity index (χ0n) is 18.8. The van der Waals surface area contributed by atoms with E-state index in [9.17, 15) is 9.90 Å². The topological polar surface area (TPSA) is 82.2 Å². The summed E-state index contributed by atoms with van der Waals surface area (Å²) in [6.07, 6.45) is 3.83. The molecule has 2 aliphatic heterocycles. The summed E-state index contributed by atoms with van der Waals surface area (Å²) in [7, 11) is 0. The zero-order valence-corrected chi connectivity index (χ0v) is 18.8. The van der Waals surface area contributed by atoms with Gasteiger partial charge in [0.05, 0.1) is 25.3 Å². The Morgan fingerprint density at radius 2 is 1.97 bits per heavy atom. The van der Waals surface area contributed by atoms with Crippen LogP contribution < -0.4 is 14.7 Å². The van der Waals surface area contributed by atoms with Gasteiger partial charge in [0.1, 0.15) is 12.3 Å². The smallest absolute Gasteiger partial charge is 0.231 e. The summed E-state index contributed by atoms with van der Waals surface area (Å²) in [5.41, 5.74) is 3.08. The number of aliphatic hydroxyl groups excluding tert-OH is 1. The fourth-order valence-electron chi connectivity index (χ4n) is 4.91. The lowest BCUT2D eigenvalue weighted by Crippen LogP contribution is -3.13. The van der Waals surface area contributed by atoms with Gasteiger partial charge in [-0.3, -0.25) is 9.69 Å². The van der Waals surface area contributed by atoms with Crippen LogP contribution in [-0.4, -0.2) is 59.7 Å². The van der Waals surface area contributed by atoms with Gasteiger partial charge in [-0.05, 0) is 25.1 Å². The maximum absolute atomic E-state index is 13.1. The summed E-state index contributed by atoms with van der Waals surface area (Å²) >= 11 is 0. The summed E-state index contributed by atoms with van der Waals surface area (Å²) in [6.45, 7) is 7.82. The molecule has 0 radical (unpaired) electrons. The van der Waals surface area contributed by atoms with Crippen LogP contribution in [0.2, 0.25) is 0 Å². The van der Waals surface area contributed by atoms with Gasteiger partial charge in [0.2, 0.25) is 5.78 Å². The van der Waals surface area contributed by atoms with Gasteiger partial charge < -0.3 is 24.4 Å². The maximum Gasteiger partial charge on any atom is 0.231 e. The number of allylic oxidation sites excluding steroid dienone is 1. The van der Waals surface area contributed by atoms with Crippen LogP contribution in [0.1, 0.15) is 28.4 Å². The number of β-amino-alcohol motifs (C(OH)–C–C–N with tert-alkyl or cyclic N) is 1. The first-order valence-corrected chi connectivity index (χ1v) is 11.6. The number of quaternary nitrogens is 1. The number of ketones is 1. The van der Waals surface area contributed by atoms with E-state index in [0.717, 1.165) is 49.2 Å². The zero-order chi connectivity index (χ0) is 22.9. The number of carbonyl (C=O) groups is 1. The molecule has 0 bridgehead atoms. The summed E-state index contributed by atoms with van der Waals surface area (Å²) < 4.78 is 8.22. The largest absolute Gasteiger partial charge is 0.872 e. The normalized spacial score (nSPS) is 18.2. The molecule has 7 heteroatoms. The van der Waals surface area contributed by atoms with Gasteiger partial charge in [0.25, 0.3) is 0 Å². The second kappa shape index (κ2) is 9.02. The molecule has 0 amide bonds. The molecule has 0 unspecified atom stereocenters. The third-order valence-corrected chi connectivity index (χ3v) is 6.75. The minimum Gasteiger partial charge on any atom is -0.872 e. The van der Waals surface area contributed by atoms with Crippen molar-refractivity contribution >= 4 is 22.8 Å². The van der Waals surface area contributed by atoms with Crippen LogP contribution in [0.25, 0.3) is 17.0 Å². The highest BCUT2D eigenvalue weighted by Gasteiger charge is 2.32. The van der Waals surface area contributed by atoms with Gasteiger partial charge in [-0.15, -0.1) is 0 Å². The number of hydrogen-bond acceptors (Lipinski definition) is 5. The van der Waals surface area contributed by atoms with Crippen molar-refractivity contribution in [3.63, 3.8) is 0 Å². The Morgan fingerprint density at radius 1 is 1.18 bits per heavy atom. The summed E-state index contributed by atoms with van der Waals surface area (Å²) in [5.74, 6) is 0.417. The Bertz CT molecular complexity index is 1220. The first-order chi connectivity index (χ1) is 16.1. The predicted octanol–water partition coefficient (Wildman–Crippen LogP) is 1.04. The molecule has 172 valence electrons. The molecule has 1 fully saturated rings. The Kier molecular flexibility index (Phi) is 5.93. The van der Waals surface area contributed by atoms with Gasteiger partial charge in [0, 0.05) is 54.4 Å². The van der Waals surface area contributed by atoms with Crippen molar-refractivity contribution in [3.8, 4) is 11.5 Å². The van der Waals surface area contributed by atoms with Crippen LogP contribution in [0.15, 0.2) is 48.4 Å². The average Bonchev–Trinajstić information content (AvgIpc) is 3.35. The van der Waals surface area contributed by atoms with Crippen LogP contribution in [0.4, 0.5) is 0 Å². The summed E-state index contributed by atoms with van der Waals surface area (Å²) in [4.78, 5) is 16.7. The minimum absolute atomic E-state index is 0.0873. The SMILES string of the molecule is CCn1cc(C=C2Oc3c(ccc([O-])c3C[NH+]3CCN(CCO)CC3)C2=O)c2ccccc21. The third kappa shape index (κ3) is 4.04. The molecule has 0 spiro atoms. The van der Waals surface area contributed by atoms with E-state index in [1.807, 2.05) is 24.4 Å². The molecule has 2 aliphatic rings. The molecule has 2 N–H and O–H groups in total. The van der Waals surface area contributed by atoms with Gasteiger partial charge in [-0.1, -0.05) is 30.0 Å². The van der Waals surface area contributed by atoms with Crippen LogP contribution >= 0.6 is 0 Å². The molecule has 3 aromatic rings. The monoisotopic (exact) mass is 447 g/mol. The number of Topliss-reactive ketones (excluding diaryl/α,β-unsaturated/α-hetero) is 1. The highest BCUT2D eigenvalue weighted by Crippen LogP contribution is 2.38. The number of para-hydroxylation sites is 1. The molecule has 2 aromatic carbocycles. The number of aromatic nitrogens is 1. The van der Waals surface area contributed by atoms with Crippen molar-refractivity contribution < 1.29 is 24.6 Å². The van der Waals surface area contributed by atoms with Crippen molar-refractivity contribution in [3.05, 3.63) is 65.0 Å². The molecule has 0 aliphatic carbocycles. The van der Waals surface area contributed by atoms with Crippen molar-refractivity contribution in [2.45, 2.75) is 20.0 Å². The highest BCUT2D eigenvalue weighted by atomic mass is 16.5. The molecule has 33 heavy (non-hydrogen) atoms. The number of ether oxygens (including phenoxy) is 1. The molecule has 1 aromatic heterocycles. The molecular weight excluding hydrogens is 418 g/mol. The predicted molar refractivity (Wildman–Crippen MR) is 124 cm³/mol. The molecular formula is C26H29N3O4. The Morgan fingerprint density at radius 3 is 2.73 bits per heavy atom. The number of aryl methyl sites for hydroxylation is 1. The van der Waals surface area contributed by atoms with Crippen molar-refractivity contribution in [1.82, 2.24) is 9.47 Å². The lowest BCUT2D eigenvalue weighted by Gasteiger charge is -2.32. The van der Waals surface area contributed by atoms with E-state index < -0.39 is 0 Å². The number of piperazine rings is 1. The molecule has 5 rings (SSSR count). The van der Waals surface area contributed by atoms with Gasteiger partial charge in [-0.2, -0.15) is 0 Å². The van der Waals surface area contributed by atoms with Gasteiger partial charge in [0.15, 0.2) is 5.76 Å². The molecule has 7 nitrogen and oxygen atoms in total. The number of nitrogens with zero attached hydrogens (tertiary/aromatic N) is 2. The maximum atomic E-state index is 13.1. The molecule has 1 saturated heterocycles. The fourth-order valence-corrected chi connectivity index (χ4v) is 4.91. The second-order valence-electron chi connectivity index (χ2n) is 8.74. The van der Waals surface area contributed by atoms with Gasteiger partial charge in [-0.25, -0.2) is 0 Å². The van der Waals surface area contributed by atoms with E-state index in [4.69, 9.17) is 9.84 Å². The van der Waals surface area contributed by atoms with E-state index in [1.165, 1.54) is 11.0 Å². The van der Waals surface area contributed by atoms with Crippen LogP contribution in [0.3, 0.4) is 0 Å². The quantitative estimate of drug-likeness (QED) is 0.552. The number of carbonyl (C=O) groups excluding carboxylic acids is 1. The van der Waals surface area contributed by atoms with Gasteiger partial charge >= 0.3 is 0 Å². The Labute approximate surface area is 193 Å². The average molecular weight is 448 g/mol. The molecule has 0 atom stereocenters. The summed E-state index contributed by atoms with van der Waals surface area (Å²) in [5, 5.41) is 22.9. The third-order valence-electron chi connectivity index (χ3n) is 6.75. The Balaban J connectivity index is 1.42. The number of fused-ring (bicyclic) bond motifs is 2. The number of rotatable bonds is 6. The molecule has 3 heterocycles. The highest BCUT2D eigenvalue weighted by molar-refractivity contribution is 6.15. The Hall–Kier alpha value is -3.13. The fraction of sp³-hybridized carbons (Fsp3) is 0.346. The van der Waals surface area contributed by atoms with E-state index in [2.05, 4.69) is 22.5 Å². The van der Waals surface area contributed by atoms with E-state index in [1.54, 1.807) is 12.1 Å². The van der Waals surface area contributed by atoms with E-state index in [-0.39, 0.29) is 23.9 Å². The van der Waals surface area contributed by atoms with Crippen molar-refractivity contribution in [1.29, 1.82) is 0 Å². The first-order valence-electron chi connectivity index (χ1n) is 11.6. The number of nitrogens with one attached hydrogen (secondary N) is 1. The summed E-state index contributed by atoms with van der Waals surface area (Å²) in [6, 6.07) is 11.2. The van der Waals surface area contributed by atoms with Crippen LogP contribution in [0, 0.1) is 0 Å². The van der Waals surface area contributed by atoms with Crippen LogP contribution in [0.5, 0.6) is 11.5 Å². The molecule has 0 saturated carbocycles. The minimum atomic E-state index is -0.178. The van der Waals surface area contributed by atoms with Crippen molar-refractivity contribution in [2.24, 2.45) is 0 Å². The number of benzene rings is 2. The van der Waals surface area contributed by atoms with Crippen molar-refractivity contribution in [2.75, 3.05) is 39.3 Å². The van der Waals surface area contributed by atoms with E-state index in [0.29, 0.717) is 30.0 Å². The first kappa shape index (κ1) is 21.7.